The Morgan fingerprint density at radius 2 is 0.821 bits per heavy atom. The number of imidazole rings is 4. The number of nitrogens with zero attached hydrogens (tertiary/aromatic N) is 6. The summed E-state index contributed by atoms with van der Waals surface area (Å²) in [4.78, 5) is 10.8. The van der Waals surface area contributed by atoms with Crippen molar-refractivity contribution in [2.24, 2.45) is 0 Å². The largest absolute Gasteiger partial charge is 0.277 e. The standard InChI is InChI=1S/C61H42N6/c1-32(2)41-21-47-45-20-33-10-6-8-12-35(33)25-51(45)66-57(47)55(29-41)64-54-28-40-17-15-38(19-43(40)24-50(54)63-59(64)66)37-14-16-39-26-52-46(22-42(39)18-37)48-30-44(61(3,4)5)31-56-58(48)67(52)60-62-49-23-34-11-7-9-13-36(34)27-53(49)65(56)60/h6-32H,1-5H3. The van der Waals surface area contributed by atoms with E-state index in [0.717, 1.165) is 33.6 Å². The highest BCUT2D eigenvalue weighted by Crippen LogP contribution is 2.44. The van der Waals surface area contributed by atoms with Crippen molar-refractivity contribution < 1.29 is 0 Å². The minimum Gasteiger partial charge on any atom is -0.277 e. The van der Waals surface area contributed by atoms with Gasteiger partial charge in [0.1, 0.15) is 0 Å². The van der Waals surface area contributed by atoms with Gasteiger partial charge >= 0.3 is 0 Å². The zero-order valence-corrected chi connectivity index (χ0v) is 37.8. The summed E-state index contributed by atoms with van der Waals surface area (Å²) in [5.41, 5.74) is 16.6. The van der Waals surface area contributed by atoms with Crippen molar-refractivity contribution in [1.82, 2.24) is 27.6 Å². The maximum atomic E-state index is 5.45. The normalized spacial score (nSPS) is 13.3. The zero-order valence-electron chi connectivity index (χ0n) is 37.8. The van der Waals surface area contributed by atoms with Gasteiger partial charge in [0, 0.05) is 21.5 Å². The maximum absolute atomic E-state index is 5.45. The summed E-state index contributed by atoms with van der Waals surface area (Å²) in [7, 11) is 0. The second-order valence-corrected chi connectivity index (χ2v) is 20.6. The average molecular weight is 859 g/mol. The summed E-state index contributed by atoms with van der Waals surface area (Å²) < 4.78 is 9.60. The Kier molecular flexibility index (Phi) is 6.44. The molecule has 0 saturated carbocycles. The molecule has 0 aliphatic heterocycles. The van der Waals surface area contributed by atoms with Crippen LogP contribution in [0.15, 0.2) is 158 Å². The van der Waals surface area contributed by atoms with Crippen molar-refractivity contribution in [2.45, 2.75) is 46.0 Å². The fraction of sp³-hybridized carbons (Fsp3) is 0.115. The molecular formula is C61H42N6. The van der Waals surface area contributed by atoms with Gasteiger partial charge in [0.05, 0.1) is 55.2 Å². The molecule has 0 radical (unpaired) electrons. The van der Waals surface area contributed by atoms with Crippen molar-refractivity contribution >= 4 is 131 Å². The lowest BCUT2D eigenvalue weighted by Crippen LogP contribution is -2.10. The summed E-state index contributed by atoms with van der Waals surface area (Å²) in [6.45, 7) is 11.5. The molecule has 0 amide bonds. The molecule has 0 bridgehead atoms. The fourth-order valence-corrected chi connectivity index (χ4v) is 11.9. The highest BCUT2D eigenvalue weighted by Gasteiger charge is 2.26. The quantitative estimate of drug-likeness (QED) is 0.174. The van der Waals surface area contributed by atoms with Crippen LogP contribution < -0.4 is 0 Å². The van der Waals surface area contributed by atoms with E-state index >= 15 is 0 Å². The lowest BCUT2D eigenvalue weighted by atomic mass is 9.86. The first-order valence-electron chi connectivity index (χ1n) is 23.6. The molecular weight excluding hydrogens is 817 g/mol. The number of hydrogen-bond donors (Lipinski definition) is 0. The van der Waals surface area contributed by atoms with Gasteiger partial charge in [-0.2, -0.15) is 0 Å². The Balaban J connectivity index is 0.881. The van der Waals surface area contributed by atoms with Gasteiger partial charge in [-0.3, -0.25) is 17.6 Å². The highest BCUT2D eigenvalue weighted by atomic mass is 15.2. The molecule has 6 aromatic heterocycles. The van der Waals surface area contributed by atoms with Gasteiger partial charge in [-0.15, -0.1) is 0 Å². The predicted molar refractivity (Wildman–Crippen MR) is 282 cm³/mol. The third-order valence-corrected chi connectivity index (χ3v) is 15.4. The third-order valence-electron chi connectivity index (χ3n) is 15.4. The van der Waals surface area contributed by atoms with E-state index in [2.05, 4.69) is 210 Å². The van der Waals surface area contributed by atoms with Crippen LogP contribution in [-0.4, -0.2) is 27.6 Å². The second-order valence-electron chi connectivity index (χ2n) is 20.6. The number of rotatable bonds is 2. The molecule has 16 aromatic rings. The first-order valence-corrected chi connectivity index (χ1v) is 23.6. The van der Waals surface area contributed by atoms with Gasteiger partial charge in [0.15, 0.2) is 0 Å². The van der Waals surface area contributed by atoms with Gasteiger partial charge in [-0.25, -0.2) is 9.97 Å². The van der Waals surface area contributed by atoms with Crippen molar-refractivity contribution in [1.29, 1.82) is 0 Å². The van der Waals surface area contributed by atoms with E-state index in [0.29, 0.717) is 5.92 Å². The molecule has 67 heavy (non-hydrogen) atoms. The Bertz CT molecular complexity index is 4870. The van der Waals surface area contributed by atoms with Crippen molar-refractivity contribution in [3.8, 4) is 11.1 Å². The van der Waals surface area contributed by atoms with Crippen LogP contribution in [0.2, 0.25) is 0 Å². The molecule has 0 aliphatic rings. The molecule has 16 rings (SSSR count). The lowest BCUT2D eigenvalue weighted by molar-refractivity contribution is 0.591. The second kappa shape index (κ2) is 12.0. The van der Waals surface area contributed by atoms with E-state index < -0.39 is 0 Å². The minimum absolute atomic E-state index is 0.0342. The first kappa shape index (κ1) is 36.1. The average Bonchev–Trinajstić information content (AvgIpc) is 4.16. The summed E-state index contributed by atoms with van der Waals surface area (Å²) >= 11 is 0. The fourth-order valence-electron chi connectivity index (χ4n) is 11.9. The number of benzene rings is 10. The Labute approximate surface area is 383 Å². The van der Waals surface area contributed by atoms with Crippen LogP contribution in [0, 0.1) is 0 Å². The van der Waals surface area contributed by atoms with E-state index in [1.165, 1.54) is 120 Å². The van der Waals surface area contributed by atoms with Crippen LogP contribution in [-0.2, 0) is 5.41 Å². The van der Waals surface area contributed by atoms with Crippen LogP contribution in [0.1, 0.15) is 51.7 Å². The topological polar surface area (TPSA) is 43.4 Å². The molecule has 6 heteroatoms. The van der Waals surface area contributed by atoms with Crippen LogP contribution >= 0.6 is 0 Å². The van der Waals surface area contributed by atoms with Gasteiger partial charge in [0.2, 0.25) is 11.6 Å². The highest BCUT2D eigenvalue weighted by molar-refractivity contribution is 6.21. The zero-order chi connectivity index (χ0) is 44.4. The van der Waals surface area contributed by atoms with Crippen LogP contribution in [0.4, 0.5) is 0 Å². The van der Waals surface area contributed by atoms with Crippen LogP contribution in [0.25, 0.3) is 142 Å². The summed E-state index contributed by atoms with van der Waals surface area (Å²) in [6.07, 6.45) is 0. The molecule has 0 N–H and O–H groups in total. The van der Waals surface area contributed by atoms with Crippen molar-refractivity contribution in [2.75, 3.05) is 0 Å². The summed E-state index contributed by atoms with van der Waals surface area (Å²) in [6, 6.07) is 59.5. The Morgan fingerprint density at radius 3 is 1.37 bits per heavy atom. The van der Waals surface area contributed by atoms with Gasteiger partial charge in [0.25, 0.3) is 0 Å². The number of fused-ring (bicyclic) bond motifs is 20. The SMILES string of the molecule is CC(C)c1cc2c3cc4ccccc4cc3n3c2c(c1)n1c2cc4ccc(-c5ccc6cc7c(cc6c5)c5cc(C(C)(C)C)cc6c5n7c5nc7cc8ccccc8cc7n65)cc4cc2nc13. The van der Waals surface area contributed by atoms with E-state index in [4.69, 9.17) is 9.97 Å². The van der Waals surface area contributed by atoms with E-state index in [1.807, 2.05) is 0 Å². The first-order chi connectivity index (χ1) is 32.6. The van der Waals surface area contributed by atoms with Crippen molar-refractivity contribution in [3.05, 3.63) is 169 Å². The molecule has 0 atom stereocenters. The Morgan fingerprint density at radius 1 is 0.373 bits per heavy atom. The van der Waals surface area contributed by atoms with Gasteiger partial charge in [-0.1, -0.05) is 107 Å². The summed E-state index contributed by atoms with van der Waals surface area (Å²) in [5, 5.41) is 14.9. The molecule has 6 heterocycles. The Hall–Kier alpha value is -8.22. The lowest BCUT2D eigenvalue weighted by Gasteiger charge is -2.19. The molecule has 316 valence electrons. The molecule has 0 aliphatic carbocycles. The van der Waals surface area contributed by atoms with Crippen molar-refractivity contribution in [3.63, 3.8) is 0 Å². The maximum Gasteiger partial charge on any atom is 0.220 e. The third kappa shape index (κ3) is 4.60. The van der Waals surface area contributed by atoms with E-state index in [-0.39, 0.29) is 5.41 Å². The molecule has 10 aromatic carbocycles. The number of hydrogen-bond acceptors (Lipinski definition) is 2. The molecule has 0 spiro atoms. The minimum atomic E-state index is -0.0342. The van der Waals surface area contributed by atoms with Gasteiger partial charge in [-0.05, 0) is 162 Å². The van der Waals surface area contributed by atoms with Gasteiger partial charge < -0.3 is 0 Å². The van der Waals surface area contributed by atoms with Crippen LogP contribution in [0.3, 0.4) is 0 Å². The van der Waals surface area contributed by atoms with E-state index in [1.54, 1.807) is 0 Å². The number of aromatic nitrogens is 6. The van der Waals surface area contributed by atoms with Crippen LogP contribution in [0.5, 0.6) is 0 Å². The molecule has 0 unspecified atom stereocenters. The van der Waals surface area contributed by atoms with E-state index in [9.17, 15) is 0 Å². The molecule has 0 fully saturated rings. The smallest absolute Gasteiger partial charge is 0.220 e. The molecule has 6 nitrogen and oxygen atoms in total. The summed E-state index contributed by atoms with van der Waals surface area (Å²) in [5.74, 6) is 2.32. The predicted octanol–water partition coefficient (Wildman–Crippen LogP) is 16.0. The molecule has 0 saturated heterocycles. The monoisotopic (exact) mass is 858 g/mol.